The Morgan fingerprint density at radius 1 is 1.08 bits per heavy atom. The third-order valence-electron chi connectivity index (χ3n) is 4.17. The van der Waals surface area contributed by atoms with E-state index in [0.29, 0.717) is 30.1 Å². The zero-order valence-electron chi connectivity index (χ0n) is 12.7. The topological polar surface area (TPSA) is 20.3 Å². The van der Waals surface area contributed by atoms with Crippen molar-refractivity contribution in [2.45, 2.75) is 12.6 Å². The van der Waals surface area contributed by atoms with Crippen LogP contribution in [-0.4, -0.2) is 23.9 Å². The first-order valence-corrected chi connectivity index (χ1v) is 7.92. The van der Waals surface area contributed by atoms with Crippen LogP contribution in [0.15, 0.2) is 48.5 Å². The van der Waals surface area contributed by atoms with Gasteiger partial charge < -0.3 is 4.90 Å². The lowest BCUT2D eigenvalue weighted by molar-refractivity contribution is -0.138. The maximum absolute atomic E-state index is 13.0. The minimum absolute atomic E-state index is 0.0461. The second-order valence-electron chi connectivity index (χ2n) is 5.94. The molecule has 1 fully saturated rings. The Morgan fingerprint density at radius 2 is 1.71 bits per heavy atom. The molecule has 0 N–H and O–H groups in total. The normalized spacial score (nSPS) is 15.2. The molecule has 0 spiro atoms. The second kappa shape index (κ2) is 6.48. The van der Waals surface area contributed by atoms with E-state index in [4.69, 9.17) is 11.6 Å². The highest BCUT2D eigenvalue weighted by Crippen LogP contribution is 2.34. The molecule has 0 saturated carbocycles. The molecule has 0 atom stereocenters. The monoisotopic (exact) mass is 353 g/mol. The van der Waals surface area contributed by atoms with Gasteiger partial charge in [-0.15, -0.1) is 0 Å². The molecule has 0 radical (unpaired) electrons. The maximum atomic E-state index is 13.0. The van der Waals surface area contributed by atoms with E-state index in [9.17, 15) is 18.0 Å². The van der Waals surface area contributed by atoms with E-state index in [-0.39, 0.29) is 17.4 Å². The minimum atomic E-state index is -4.35. The molecule has 0 bridgehead atoms. The molecule has 2 aromatic carbocycles. The van der Waals surface area contributed by atoms with E-state index in [0.717, 1.165) is 6.07 Å². The fourth-order valence-electron chi connectivity index (χ4n) is 2.93. The SMILES string of the molecule is O=C(c1ccc(Cl)cc1)N1CC(Cc2ccccc2C(F)(F)F)C1. The van der Waals surface area contributed by atoms with Crippen molar-refractivity contribution in [2.24, 2.45) is 5.92 Å². The highest BCUT2D eigenvalue weighted by molar-refractivity contribution is 6.30. The summed E-state index contributed by atoms with van der Waals surface area (Å²) in [6, 6.07) is 12.2. The molecule has 1 aliphatic rings. The molecule has 126 valence electrons. The van der Waals surface area contributed by atoms with Gasteiger partial charge >= 0.3 is 6.18 Å². The quantitative estimate of drug-likeness (QED) is 0.785. The number of nitrogens with zero attached hydrogens (tertiary/aromatic N) is 1. The van der Waals surface area contributed by atoms with Gasteiger partial charge in [0.25, 0.3) is 5.91 Å². The Balaban J connectivity index is 1.62. The van der Waals surface area contributed by atoms with Crippen LogP contribution in [0.25, 0.3) is 0 Å². The highest BCUT2D eigenvalue weighted by atomic mass is 35.5. The molecule has 2 aromatic rings. The molecule has 1 heterocycles. The first-order chi connectivity index (χ1) is 11.3. The molecule has 6 heteroatoms. The lowest BCUT2D eigenvalue weighted by atomic mass is 9.89. The summed E-state index contributed by atoms with van der Waals surface area (Å²) in [6.07, 6.45) is -4.03. The molecule has 0 aliphatic carbocycles. The highest BCUT2D eigenvalue weighted by Gasteiger charge is 2.36. The number of halogens is 4. The average molecular weight is 354 g/mol. The van der Waals surface area contributed by atoms with Crippen LogP contribution < -0.4 is 0 Å². The van der Waals surface area contributed by atoms with Crippen molar-refractivity contribution in [1.82, 2.24) is 4.90 Å². The first-order valence-electron chi connectivity index (χ1n) is 7.54. The number of alkyl halides is 3. The number of carbonyl (C=O) groups excluding carboxylic acids is 1. The van der Waals surface area contributed by atoms with Gasteiger partial charge in [0.2, 0.25) is 0 Å². The van der Waals surface area contributed by atoms with Crippen molar-refractivity contribution in [3.8, 4) is 0 Å². The van der Waals surface area contributed by atoms with E-state index >= 15 is 0 Å². The van der Waals surface area contributed by atoms with Crippen LogP contribution in [0, 0.1) is 5.92 Å². The lowest BCUT2D eigenvalue weighted by Crippen LogP contribution is -2.50. The number of likely N-dealkylation sites (tertiary alicyclic amines) is 1. The van der Waals surface area contributed by atoms with Gasteiger partial charge in [0.05, 0.1) is 5.56 Å². The van der Waals surface area contributed by atoms with Crippen LogP contribution >= 0.6 is 11.6 Å². The molecule has 0 aromatic heterocycles. The summed E-state index contributed by atoms with van der Waals surface area (Å²) in [6.45, 7) is 0.932. The van der Waals surface area contributed by atoms with E-state index in [1.54, 1.807) is 35.2 Å². The number of benzene rings is 2. The van der Waals surface area contributed by atoms with Crippen LogP contribution in [-0.2, 0) is 12.6 Å². The predicted molar refractivity (Wildman–Crippen MR) is 86.0 cm³/mol. The van der Waals surface area contributed by atoms with Crippen LogP contribution in [0.1, 0.15) is 21.5 Å². The van der Waals surface area contributed by atoms with Crippen molar-refractivity contribution < 1.29 is 18.0 Å². The Hall–Kier alpha value is -2.01. The lowest BCUT2D eigenvalue weighted by Gasteiger charge is -2.39. The van der Waals surface area contributed by atoms with E-state index < -0.39 is 11.7 Å². The van der Waals surface area contributed by atoms with E-state index in [1.807, 2.05) is 0 Å². The molecular formula is C18H15ClF3NO. The fourth-order valence-corrected chi connectivity index (χ4v) is 3.05. The van der Waals surface area contributed by atoms with Gasteiger partial charge in [-0.3, -0.25) is 4.79 Å². The number of hydrogen-bond donors (Lipinski definition) is 0. The van der Waals surface area contributed by atoms with Crippen molar-refractivity contribution >= 4 is 17.5 Å². The summed E-state index contributed by atoms with van der Waals surface area (Å²) in [4.78, 5) is 13.9. The third-order valence-corrected chi connectivity index (χ3v) is 4.42. The van der Waals surface area contributed by atoms with E-state index in [1.165, 1.54) is 12.1 Å². The Morgan fingerprint density at radius 3 is 2.33 bits per heavy atom. The van der Waals surface area contributed by atoms with Crippen LogP contribution in [0.2, 0.25) is 5.02 Å². The van der Waals surface area contributed by atoms with E-state index in [2.05, 4.69) is 0 Å². The molecule has 1 aliphatic heterocycles. The smallest absolute Gasteiger partial charge is 0.338 e. The summed E-state index contributed by atoms with van der Waals surface area (Å²) < 4.78 is 39.0. The van der Waals surface area contributed by atoms with Gasteiger partial charge in [-0.25, -0.2) is 0 Å². The maximum Gasteiger partial charge on any atom is 0.416 e. The Bertz CT molecular complexity index is 737. The average Bonchev–Trinajstić information content (AvgIpc) is 2.50. The van der Waals surface area contributed by atoms with Crippen LogP contribution in [0.3, 0.4) is 0 Å². The van der Waals surface area contributed by atoms with Crippen molar-refractivity contribution in [2.75, 3.05) is 13.1 Å². The number of hydrogen-bond acceptors (Lipinski definition) is 1. The molecule has 2 nitrogen and oxygen atoms in total. The van der Waals surface area contributed by atoms with Gasteiger partial charge in [0.1, 0.15) is 0 Å². The molecule has 1 saturated heterocycles. The number of carbonyl (C=O) groups is 1. The number of amides is 1. The van der Waals surface area contributed by atoms with Crippen molar-refractivity contribution in [3.63, 3.8) is 0 Å². The molecular weight excluding hydrogens is 339 g/mol. The Labute approximate surface area is 142 Å². The zero-order chi connectivity index (χ0) is 17.3. The second-order valence-corrected chi connectivity index (χ2v) is 6.38. The van der Waals surface area contributed by atoms with Crippen molar-refractivity contribution in [1.29, 1.82) is 0 Å². The molecule has 3 rings (SSSR count). The summed E-state index contributed by atoms with van der Waals surface area (Å²) in [5, 5.41) is 0.553. The summed E-state index contributed by atoms with van der Waals surface area (Å²) in [7, 11) is 0. The molecule has 1 amide bonds. The van der Waals surface area contributed by atoms with Crippen LogP contribution in [0.4, 0.5) is 13.2 Å². The third kappa shape index (κ3) is 3.56. The predicted octanol–water partition coefficient (Wildman–Crippen LogP) is 4.67. The molecule has 24 heavy (non-hydrogen) atoms. The number of rotatable bonds is 3. The molecule has 0 unspecified atom stereocenters. The van der Waals surface area contributed by atoms with Gasteiger partial charge in [-0.05, 0) is 48.2 Å². The van der Waals surface area contributed by atoms with Gasteiger partial charge in [-0.2, -0.15) is 13.2 Å². The van der Waals surface area contributed by atoms with Gasteiger partial charge in [0.15, 0.2) is 0 Å². The van der Waals surface area contributed by atoms with Crippen molar-refractivity contribution in [3.05, 3.63) is 70.2 Å². The summed E-state index contributed by atoms with van der Waals surface area (Å²) >= 11 is 5.79. The largest absolute Gasteiger partial charge is 0.416 e. The zero-order valence-corrected chi connectivity index (χ0v) is 13.4. The van der Waals surface area contributed by atoms with Gasteiger partial charge in [0, 0.05) is 23.7 Å². The standard InChI is InChI=1S/C18H15ClF3NO/c19-15-7-5-13(6-8-15)17(24)23-10-12(11-23)9-14-3-1-2-4-16(14)18(20,21)22/h1-8,12H,9-11H2. The van der Waals surface area contributed by atoms with Crippen LogP contribution in [0.5, 0.6) is 0 Å². The first kappa shape index (κ1) is 16.8. The summed E-state index contributed by atoms with van der Waals surface area (Å²) in [5.41, 5.74) is 0.231. The summed E-state index contributed by atoms with van der Waals surface area (Å²) in [5.74, 6) is -0.0724. The minimum Gasteiger partial charge on any atom is -0.338 e. The van der Waals surface area contributed by atoms with Gasteiger partial charge in [-0.1, -0.05) is 29.8 Å². The Kier molecular flexibility index (Phi) is 4.54. The fraction of sp³-hybridized carbons (Fsp3) is 0.278.